The summed E-state index contributed by atoms with van der Waals surface area (Å²) in [4.78, 5) is 13.0. The second-order valence-electron chi connectivity index (χ2n) is 7.05. The highest BCUT2D eigenvalue weighted by atomic mass is 32.2. The number of carbonyl (C=O) groups is 1. The summed E-state index contributed by atoms with van der Waals surface area (Å²) in [6, 6.07) is 4.57. The highest BCUT2D eigenvalue weighted by Crippen LogP contribution is 2.23. The summed E-state index contributed by atoms with van der Waals surface area (Å²) in [7, 11) is -4.30. The Bertz CT molecular complexity index is 965. The highest BCUT2D eigenvalue weighted by Gasteiger charge is 2.33. The molecule has 0 spiro atoms. The molecular weight excluding hydrogens is 406 g/mol. The summed E-state index contributed by atoms with van der Waals surface area (Å²) in [5.74, 6) is -2.17. The van der Waals surface area contributed by atoms with Gasteiger partial charge in [0, 0.05) is 32.2 Å². The van der Waals surface area contributed by atoms with Crippen molar-refractivity contribution in [1.29, 1.82) is 0 Å². The maximum Gasteiger partial charge on any atom is 0.249 e. The van der Waals surface area contributed by atoms with Gasteiger partial charge in [-0.2, -0.15) is 4.31 Å². The molecule has 1 amide bonds. The summed E-state index contributed by atoms with van der Waals surface area (Å²) in [6.45, 7) is 4.45. The van der Waals surface area contributed by atoms with Crippen LogP contribution >= 0.6 is 0 Å². The Balaban J connectivity index is 1.56. The average Bonchev–Trinajstić information content (AvgIpc) is 3.10. The first-order chi connectivity index (χ1) is 13.7. The van der Waals surface area contributed by atoms with Crippen molar-refractivity contribution in [2.24, 2.45) is 0 Å². The third-order valence-corrected chi connectivity index (χ3v) is 6.55. The quantitative estimate of drug-likeness (QED) is 0.756. The lowest BCUT2D eigenvalue weighted by atomic mass is 10.1. The number of halogens is 2. The number of amides is 1. The van der Waals surface area contributed by atoms with Crippen molar-refractivity contribution in [2.45, 2.75) is 24.7 Å². The SMILES string of the molecule is CC(C)c1cc(NC(=O)CN2CCN(S(=O)(=O)c3c(F)cccc3F)CC2)on1. The van der Waals surface area contributed by atoms with E-state index < -0.39 is 26.6 Å². The number of nitrogens with one attached hydrogen (secondary N) is 1. The molecule has 2 heterocycles. The van der Waals surface area contributed by atoms with Crippen LogP contribution in [0.4, 0.5) is 14.7 Å². The molecule has 0 saturated carbocycles. The maximum absolute atomic E-state index is 13.9. The van der Waals surface area contributed by atoms with Crippen LogP contribution in [0.2, 0.25) is 0 Å². The highest BCUT2D eigenvalue weighted by molar-refractivity contribution is 7.89. The van der Waals surface area contributed by atoms with Crippen LogP contribution in [0.25, 0.3) is 0 Å². The smallest absolute Gasteiger partial charge is 0.249 e. The molecule has 1 aromatic carbocycles. The van der Waals surface area contributed by atoms with Crippen molar-refractivity contribution < 1.29 is 26.5 Å². The Labute approximate surface area is 167 Å². The lowest BCUT2D eigenvalue weighted by Crippen LogP contribution is -2.50. The molecule has 1 fully saturated rings. The number of rotatable bonds is 6. The Morgan fingerprint density at radius 1 is 1.21 bits per heavy atom. The van der Waals surface area contributed by atoms with Crippen molar-refractivity contribution in [3.05, 3.63) is 41.6 Å². The van der Waals surface area contributed by atoms with E-state index in [1.54, 1.807) is 11.0 Å². The molecule has 1 aliphatic heterocycles. The van der Waals surface area contributed by atoms with E-state index in [-0.39, 0.29) is 50.4 Å². The van der Waals surface area contributed by atoms with E-state index in [1.165, 1.54) is 0 Å². The van der Waals surface area contributed by atoms with E-state index in [2.05, 4.69) is 10.5 Å². The molecule has 0 unspecified atom stereocenters. The molecule has 2 aromatic rings. The number of benzene rings is 1. The van der Waals surface area contributed by atoms with Crippen LogP contribution in [0.1, 0.15) is 25.5 Å². The fraction of sp³-hybridized carbons (Fsp3) is 0.444. The van der Waals surface area contributed by atoms with Crippen LogP contribution < -0.4 is 5.32 Å². The number of hydrogen-bond donors (Lipinski definition) is 1. The van der Waals surface area contributed by atoms with Gasteiger partial charge in [0.05, 0.1) is 12.2 Å². The number of carbonyl (C=O) groups excluding carboxylic acids is 1. The van der Waals surface area contributed by atoms with E-state index in [1.807, 2.05) is 13.8 Å². The van der Waals surface area contributed by atoms with Gasteiger partial charge in [0.2, 0.25) is 21.8 Å². The monoisotopic (exact) mass is 428 g/mol. The fourth-order valence-electron chi connectivity index (χ4n) is 2.99. The molecule has 29 heavy (non-hydrogen) atoms. The predicted molar refractivity (Wildman–Crippen MR) is 101 cm³/mol. The molecule has 3 rings (SSSR count). The molecule has 0 atom stereocenters. The molecular formula is C18H22F2N4O4S. The number of sulfonamides is 1. The third kappa shape index (κ3) is 4.80. The lowest BCUT2D eigenvalue weighted by molar-refractivity contribution is -0.117. The topological polar surface area (TPSA) is 95.8 Å². The summed E-state index contributed by atoms with van der Waals surface area (Å²) in [5.41, 5.74) is 0.722. The number of nitrogens with zero attached hydrogens (tertiary/aromatic N) is 3. The third-order valence-electron chi connectivity index (χ3n) is 4.60. The van der Waals surface area contributed by atoms with Crippen molar-refractivity contribution in [2.75, 3.05) is 38.0 Å². The standard InChI is InChI=1S/C18H22F2N4O4S/c1-12(2)15-10-17(28-22-15)21-16(25)11-23-6-8-24(9-7-23)29(26,27)18-13(19)4-3-5-14(18)20/h3-5,10,12H,6-9,11H2,1-2H3,(H,21,25). The van der Waals surface area contributed by atoms with E-state index in [0.717, 1.165) is 28.2 Å². The van der Waals surface area contributed by atoms with Crippen molar-refractivity contribution in [3.8, 4) is 0 Å². The van der Waals surface area contributed by atoms with Crippen molar-refractivity contribution in [1.82, 2.24) is 14.4 Å². The Hall–Kier alpha value is -2.37. The molecule has 158 valence electrons. The zero-order chi connectivity index (χ0) is 21.2. The van der Waals surface area contributed by atoms with Crippen LogP contribution in [-0.2, 0) is 14.8 Å². The number of piperazine rings is 1. The maximum atomic E-state index is 13.9. The first-order valence-electron chi connectivity index (χ1n) is 9.11. The molecule has 11 heteroatoms. The van der Waals surface area contributed by atoms with Gasteiger partial charge in [-0.05, 0) is 18.1 Å². The summed E-state index contributed by atoms with van der Waals surface area (Å²) < 4.78 is 59.0. The van der Waals surface area contributed by atoms with E-state index in [4.69, 9.17) is 4.52 Å². The molecule has 1 aliphatic rings. The molecule has 8 nitrogen and oxygen atoms in total. The zero-order valence-electron chi connectivity index (χ0n) is 16.1. The Kier molecular flexibility index (Phi) is 6.30. The lowest BCUT2D eigenvalue weighted by Gasteiger charge is -2.33. The molecule has 0 radical (unpaired) electrons. The normalized spacial score (nSPS) is 16.3. The van der Waals surface area contributed by atoms with Gasteiger partial charge in [0.15, 0.2) is 4.90 Å². The van der Waals surface area contributed by atoms with Gasteiger partial charge in [-0.3, -0.25) is 15.0 Å². The number of aromatic nitrogens is 1. The average molecular weight is 428 g/mol. The van der Waals surface area contributed by atoms with Gasteiger partial charge < -0.3 is 4.52 Å². The van der Waals surface area contributed by atoms with Crippen LogP contribution in [0.5, 0.6) is 0 Å². The first-order valence-corrected chi connectivity index (χ1v) is 10.6. The second kappa shape index (κ2) is 8.56. The van der Waals surface area contributed by atoms with Crippen LogP contribution in [-0.4, -0.2) is 61.4 Å². The molecule has 0 bridgehead atoms. The van der Waals surface area contributed by atoms with Gasteiger partial charge in [-0.25, -0.2) is 17.2 Å². The van der Waals surface area contributed by atoms with Crippen LogP contribution in [0, 0.1) is 11.6 Å². The van der Waals surface area contributed by atoms with Gasteiger partial charge in [0.1, 0.15) is 11.6 Å². The molecule has 0 aliphatic carbocycles. The molecule has 1 N–H and O–H groups in total. The largest absolute Gasteiger partial charge is 0.338 e. The second-order valence-corrected chi connectivity index (χ2v) is 8.92. The Morgan fingerprint density at radius 2 is 1.83 bits per heavy atom. The number of anilines is 1. The minimum atomic E-state index is -4.30. The van der Waals surface area contributed by atoms with Gasteiger partial charge in [0.25, 0.3) is 0 Å². The van der Waals surface area contributed by atoms with Crippen LogP contribution in [0.15, 0.2) is 33.7 Å². The minimum absolute atomic E-state index is 0.0171. The van der Waals surface area contributed by atoms with E-state index in [9.17, 15) is 22.0 Å². The minimum Gasteiger partial charge on any atom is -0.338 e. The van der Waals surface area contributed by atoms with Crippen LogP contribution in [0.3, 0.4) is 0 Å². The van der Waals surface area contributed by atoms with E-state index in [0.29, 0.717) is 0 Å². The van der Waals surface area contributed by atoms with Crippen molar-refractivity contribution in [3.63, 3.8) is 0 Å². The summed E-state index contributed by atoms with van der Waals surface area (Å²) >= 11 is 0. The number of hydrogen-bond acceptors (Lipinski definition) is 6. The van der Waals surface area contributed by atoms with Gasteiger partial charge in [-0.15, -0.1) is 0 Å². The van der Waals surface area contributed by atoms with Gasteiger partial charge in [-0.1, -0.05) is 25.1 Å². The van der Waals surface area contributed by atoms with Gasteiger partial charge >= 0.3 is 0 Å². The summed E-state index contributed by atoms with van der Waals surface area (Å²) in [5, 5.41) is 6.46. The molecule has 1 aromatic heterocycles. The predicted octanol–water partition coefficient (Wildman–Crippen LogP) is 2.02. The first kappa shape index (κ1) is 21.3. The zero-order valence-corrected chi connectivity index (χ0v) is 16.9. The van der Waals surface area contributed by atoms with Crippen molar-refractivity contribution >= 4 is 21.8 Å². The molecule has 1 saturated heterocycles. The Morgan fingerprint density at radius 3 is 2.38 bits per heavy atom. The van der Waals surface area contributed by atoms with E-state index >= 15 is 0 Å². The summed E-state index contributed by atoms with van der Waals surface area (Å²) in [6.07, 6.45) is 0. The fourth-order valence-corrected chi connectivity index (χ4v) is 4.52.